The fourth-order valence-electron chi connectivity index (χ4n) is 3.78. The van der Waals surface area contributed by atoms with Gasteiger partial charge in [0.1, 0.15) is 18.1 Å². The van der Waals surface area contributed by atoms with Gasteiger partial charge in [-0.2, -0.15) is 0 Å². The Kier molecular flexibility index (Phi) is 10.4. The van der Waals surface area contributed by atoms with E-state index in [4.69, 9.17) is 11.5 Å². The van der Waals surface area contributed by atoms with Gasteiger partial charge in [-0.05, 0) is 30.4 Å². The van der Waals surface area contributed by atoms with Crippen LogP contribution in [-0.2, 0) is 30.4 Å². The van der Waals surface area contributed by atoms with Crippen LogP contribution in [0.4, 0.5) is 0 Å². The quantitative estimate of drug-likeness (QED) is 0.180. The van der Waals surface area contributed by atoms with Gasteiger partial charge in [-0.3, -0.25) is 19.2 Å². The molecule has 0 fully saturated rings. The second-order valence-electron chi connectivity index (χ2n) is 8.98. The lowest BCUT2D eigenvalue weighted by Gasteiger charge is -2.25. The Morgan fingerprint density at radius 3 is 2.22 bits per heavy atom. The van der Waals surface area contributed by atoms with E-state index >= 15 is 0 Å². The van der Waals surface area contributed by atoms with Gasteiger partial charge in [0.25, 0.3) is 0 Å². The minimum atomic E-state index is -1.25. The van der Waals surface area contributed by atoms with Crippen LogP contribution in [0.2, 0.25) is 0 Å². The van der Waals surface area contributed by atoms with E-state index < -0.39 is 47.7 Å². The molecule has 0 aliphatic heterocycles. The molecule has 3 atom stereocenters. The first-order chi connectivity index (χ1) is 17.0. The number of fused-ring (bicyclic) bond motifs is 1. The molecular weight excluding hydrogens is 468 g/mol. The number of aromatic amines is 1. The smallest absolute Gasteiger partial charge is 0.326 e. The van der Waals surface area contributed by atoms with Crippen molar-refractivity contribution in [2.75, 3.05) is 6.54 Å². The summed E-state index contributed by atoms with van der Waals surface area (Å²) in [5, 5.41) is 17.8. The third-order valence-electron chi connectivity index (χ3n) is 5.57. The highest BCUT2D eigenvalue weighted by Crippen LogP contribution is 2.19. The van der Waals surface area contributed by atoms with Gasteiger partial charge >= 0.3 is 5.97 Å². The Bertz CT molecular complexity index is 1100. The number of nitrogens with one attached hydrogen (secondary N) is 4. The van der Waals surface area contributed by atoms with Crippen molar-refractivity contribution < 1.29 is 29.1 Å². The Hall–Kier alpha value is -3.93. The van der Waals surface area contributed by atoms with Crippen LogP contribution in [0.15, 0.2) is 30.5 Å². The maximum absolute atomic E-state index is 13.2. The number of hydrogen-bond acceptors (Lipinski definition) is 6. The molecule has 4 amide bonds. The standard InChI is InChI=1S/C24H34N6O6/c1-13(2)9-19(24(35)36)30-22(33)17(7-8-20(26)31)29-23(34)18(28-21(32)11-25)10-14-12-27-16-6-4-3-5-15(14)16/h3-6,12-13,17-19,27H,7-11,25H2,1-2H3,(H2,26,31)(H,28,32)(H,29,34)(H,30,33)(H,35,36). The molecule has 3 unspecified atom stereocenters. The minimum Gasteiger partial charge on any atom is -0.480 e. The molecule has 0 saturated heterocycles. The molecule has 2 rings (SSSR count). The third kappa shape index (κ3) is 8.38. The number of benzene rings is 1. The largest absolute Gasteiger partial charge is 0.480 e. The summed E-state index contributed by atoms with van der Waals surface area (Å²) in [6, 6.07) is 3.91. The van der Waals surface area contributed by atoms with Gasteiger partial charge in [0.05, 0.1) is 6.54 Å². The zero-order valence-corrected chi connectivity index (χ0v) is 20.4. The number of carboxylic acid groups (broad SMARTS) is 1. The molecule has 9 N–H and O–H groups in total. The van der Waals surface area contributed by atoms with Gasteiger partial charge in [0, 0.05) is 29.9 Å². The number of rotatable bonds is 14. The first-order valence-electron chi connectivity index (χ1n) is 11.7. The highest BCUT2D eigenvalue weighted by Gasteiger charge is 2.30. The highest BCUT2D eigenvalue weighted by molar-refractivity contribution is 5.94. The van der Waals surface area contributed by atoms with Crippen molar-refractivity contribution in [1.82, 2.24) is 20.9 Å². The van der Waals surface area contributed by atoms with E-state index in [1.54, 1.807) is 6.20 Å². The van der Waals surface area contributed by atoms with E-state index in [0.29, 0.717) is 0 Å². The summed E-state index contributed by atoms with van der Waals surface area (Å²) in [4.78, 5) is 64.2. The summed E-state index contributed by atoms with van der Waals surface area (Å²) in [5.74, 6) is -3.96. The number of aliphatic carboxylic acids is 1. The van der Waals surface area contributed by atoms with Gasteiger partial charge in [-0.25, -0.2) is 4.79 Å². The summed E-state index contributed by atoms with van der Waals surface area (Å²) in [6.45, 7) is 3.27. The summed E-state index contributed by atoms with van der Waals surface area (Å²) in [7, 11) is 0. The number of carbonyl (C=O) groups is 5. The molecule has 1 aromatic heterocycles. The number of amides is 4. The van der Waals surface area contributed by atoms with E-state index in [2.05, 4.69) is 20.9 Å². The Labute approximate surface area is 208 Å². The predicted octanol–water partition coefficient (Wildman–Crippen LogP) is -0.480. The van der Waals surface area contributed by atoms with Crippen molar-refractivity contribution in [2.24, 2.45) is 17.4 Å². The molecule has 0 spiro atoms. The Morgan fingerprint density at radius 2 is 1.61 bits per heavy atom. The fraction of sp³-hybridized carbons (Fsp3) is 0.458. The van der Waals surface area contributed by atoms with E-state index in [1.807, 2.05) is 38.1 Å². The van der Waals surface area contributed by atoms with Crippen LogP contribution in [0.1, 0.15) is 38.7 Å². The monoisotopic (exact) mass is 502 g/mol. The first kappa shape index (κ1) is 28.3. The molecule has 36 heavy (non-hydrogen) atoms. The van der Waals surface area contributed by atoms with Gasteiger partial charge in [-0.15, -0.1) is 0 Å². The van der Waals surface area contributed by atoms with E-state index in [0.717, 1.165) is 16.5 Å². The minimum absolute atomic E-state index is 0.0166. The Morgan fingerprint density at radius 1 is 0.972 bits per heavy atom. The SMILES string of the molecule is CC(C)CC(NC(=O)C(CCC(N)=O)NC(=O)C(Cc1c[nH]c2ccccc12)NC(=O)CN)C(=O)O. The van der Waals surface area contributed by atoms with Crippen LogP contribution in [0.3, 0.4) is 0 Å². The van der Waals surface area contributed by atoms with Crippen LogP contribution in [0, 0.1) is 5.92 Å². The summed E-state index contributed by atoms with van der Waals surface area (Å²) < 4.78 is 0. The lowest BCUT2D eigenvalue weighted by atomic mass is 10.0. The van der Waals surface area contributed by atoms with Crippen LogP contribution in [0.5, 0.6) is 0 Å². The Balaban J connectivity index is 2.25. The maximum atomic E-state index is 13.2. The highest BCUT2D eigenvalue weighted by atomic mass is 16.4. The van der Waals surface area contributed by atoms with E-state index in [-0.39, 0.29) is 38.1 Å². The summed E-state index contributed by atoms with van der Waals surface area (Å²) in [6.07, 6.45) is 1.62. The molecule has 0 aliphatic rings. The van der Waals surface area contributed by atoms with Crippen molar-refractivity contribution in [3.63, 3.8) is 0 Å². The lowest BCUT2D eigenvalue weighted by Crippen LogP contribution is -2.56. The fourth-order valence-corrected chi connectivity index (χ4v) is 3.78. The normalized spacial score (nSPS) is 13.6. The van der Waals surface area contributed by atoms with Crippen molar-refractivity contribution >= 4 is 40.5 Å². The molecule has 1 heterocycles. The molecule has 0 radical (unpaired) electrons. The van der Waals surface area contributed by atoms with Gasteiger partial charge in [-0.1, -0.05) is 32.0 Å². The molecule has 196 valence electrons. The molecule has 0 aliphatic carbocycles. The number of H-pyrrole nitrogens is 1. The van der Waals surface area contributed by atoms with Crippen LogP contribution >= 0.6 is 0 Å². The van der Waals surface area contributed by atoms with Gasteiger partial charge in [0.2, 0.25) is 23.6 Å². The van der Waals surface area contributed by atoms with E-state index in [9.17, 15) is 29.1 Å². The lowest BCUT2D eigenvalue weighted by molar-refractivity contribution is -0.143. The van der Waals surface area contributed by atoms with Gasteiger partial charge in [0.15, 0.2) is 0 Å². The van der Waals surface area contributed by atoms with Gasteiger partial charge < -0.3 is 37.5 Å². The van der Waals surface area contributed by atoms with Crippen LogP contribution in [0.25, 0.3) is 10.9 Å². The third-order valence-corrected chi connectivity index (χ3v) is 5.57. The van der Waals surface area contributed by atoms with Crippen molar-refractivity contribution in [3.05, 3.63) is 36.0 Å². The number of para-hydroxylation sites is 1. The summed E-state index contributed by atoms with van der Waals surface area (Å²) >= 11 is 0. The second-order valence-corrected chi connectivity index (χ2v) is 8.98. The average Bonchev–Trinajstić information content (AvgIpc) is 3.22. The van der Waals surface area contributed by atoms with Crippen LogP contribution in [-0.4, -0.2) is 64.4 Å². The second kappa shape index (κ2) is 13.2. The number of carboxylic acids is 1. The van der Waals surface area contributed by atoms with Crippen LogP contribution < -0.4 is 27.4 Å². The molecule has 2 aromatic rings. The number of carbonyl (C=O) groups excluding carboxylic acids is 4. The molecule has 12 heteroatoms. The number of primary amides is 1. The van der Waals surface area contributed by atoms with E-state index in [1.165, 1.54) is 0 Å². The topological polar surface area (TPSA) is 209 Å². The average molecular weight is 503 g/mol. The number of hydrogen-bond donors (Lipinski definition) is 7. The molecular formula is C24H34N6O6. The number of nitrogens with two attached hydrogens (primary N) is 2. The zero-order valence-electron chi connectivity index (χ0n) is 20.4. The molecule has 0 bridgehead atoms. The molecule has 12 nitrogen and oxygen atoms in total. The maximum Gasteiger partial charge on any atom is 0.326 e. The molecule has 1 aromatic carbocycles. The zero-order chi connectivity index (χ0) is 26.8. The van der Waals surface area contributed by atoms with Crippen molar-refractivity contribution in [2.45, 2.75) is 57.7 Å². The molecule has 0 saturated carbocycles. The van der Waals surface area contributed by atoms with Crippen molar-refractivity contribution in [3.8, 4) is 0 Å². The predicted molar refractivity (Wildman–Crippen MR) is 132 cm³/mol. The van der Waals surface area contributed by atoms with Crippen molar-refractivity contribution in [1.29, 1.82) is 0 Å². The summed E-state index contributed by atoms with van der Waals surface area (Å²) in [5.41, 5.74) is 12.2. The number of aromatic nitrogens is 1. The first-order valence-corrected chi connectivity index (χ1v) is 11.7.